The summed E-state index contributed by atoms with van der Waals surface area (Å²) in [7, 11) is 0. The van der Waals surface area contributed by atoms with E-state index in [1.165, 1.54) is 37.0 Å². The van der Waals surface area contributed by atoms with Crippen molar-refractivity contribution >= 4 is 12.4 Å². The van der Waals surface area contributed by atoms with Gasteiger partial charge in [0.15, 0.2) is 0 Å². The molecular weight excluding hydrogens is 306 g/mol. The zero-order chi connectivity index (χ0) is 17.9. The summed E-state index contributed by atoms with van der Waals surface area (Å²) in [6.45, 7) is 7.70. The van der Waals surface area contributed by atoms with Gasteiger partial charge < -0.3 is 14.6 Å². The van der Waals surface area contributed by atoms with Crippen molar-refractivity contribution in [2.75, 3.05) is 0 Å². The number of carboxylic acid groups (broad SMARTS) is 1. The number of carbonyl (C=O) groups is 2. The maximum atomic E-state index is 11.9. The quantitative estimate of drug-likeness (QED) is 0.733. The Bertz CT molecular complexity index is 443. The Kier molecular flexibility index (Phi) is 6.29. The predicted octanol–water partition coefficient (Wildman–Crippen LogP) is 4.30. The van der Waals surface area contributed by atoms with E-state index in [0.29, 0.717) is 12.3 Å². The summed E-state index contributed by atoms with van der Waals surface area (Å²) in [5, 5.41) is 9.74. The lowest BCUT2D eigenvalue weighted by molar-refractivity contribution is -0.115. The molecule has 5 heteroatoms. The van der Waals surface area contributed by atoms with Gasteiger partial charge >= 0.3 is 6.09 Å². The van der Waals surface area contributed by atoms with Gasteiger partial charge in [0.2, 0.25) is 0 Å². The van der Waals surface area contributed by atoms with E-state index in [0.717, 1.165) is 12.7 Å². The Morgan fingerprint density at radius 3 is 2.42 bits per heavy atom. The Labute approximate surface area is 145 Å². The fourth-order valence-corrected chi connectivity index (χ4v) is 4.42. The zero-order valence-corrected chi connectivity index (χ0v) is 15.5. The number of hydrogen-bond donors (Lipinski definition) is 1. The molecule has 24 heavy (non-hydrogen) atoms. The number of amides is 1. The van der Waals surface area contributed by atoms with Gasteiger partial charge in [0.1, 0.15) is 12.0 Å². The van der Waals surface area contributed by atoms with Gasteiger partial charge in [0, 0.05) is 5.92 Å². The monoisotopic (exact) mass is 339 g/mol. The third-order valence-electron chi connectivity index (χ3n) is 5.82. The van der Waals surface area contributed by atoms with Crippen LogP contribution in [0.2, 0.25) is 0 Å². The molecule has 0 bridgehead atoms. The van der Waals surface area contributed by atoms with Gasteiger partial charge in [-0.15, -0.1) is 0 Å². The Hall–Kier alpha value is -1.10. The fraction of sp³-hybridized carbons (Fsp3) is 0.895. The maximum Gasteiger partial charge on any atom is 0.409 e. The van der Waals surface area contributed by atoms with Crippen molar-refractivity contribution in [3.8, 4) is 0 Å². The molecule has 0 spiro atoms. The largest absolute Gasteiger partial charge is 0.465 e. The molecule has 1 amide bonds. The van der Waals surface area contributed by atoms with Crippen LogP contribution in [0.5, 0.6) is 0 Å². The number of ether oxygens (including phenoxy) is 1. The van der Waals surface area contributed by atoms with Crippen molar-refractivity contribution < 1.29 is 19.4 Å². The summed E-state index contributed by atoms with van der Waals surface area (Å²) in [6, 6.07) is -0.151. The van der Waals surface area contributed by atoms with E-state index in [1.807, 2.05) is 27.7 Å². The smallest absolute Gasteiger partial charge is 0.409 e. The first kappa shape index (κ1) is 19.2. The number of carbonyl (C=O) groups excluding carboxylic acids is 1. The zero-order valence-electron chi connectivity index (χ0n) is 15.5. The highest BCUT2D eigenvalue weighted by Gasteiger charge is 2.50. The molecule has 2 aliphatic rings. The second kappa shape index (κ2) is 7.85. The van der Waals surface area contributed by atoms with Crippen LogP contribution >= 0.6 is 0 Å². The van der Waals surface area contributed by atoms with Crippen molar-refractivity contribution in [3.63, 3.8) is 0 Å². The molecular formula is C19H33NO4. The lowest BCUT2D eigenvalue weighted by Crippen LogP contribution is -2.48. The highest BCUT2D eigenvalue weighted by atomic mass is 16.6. The van der Waals surface area contributed by atoms with E-state index in [-0.39, 0.29) is 24.0 Å². The van der Waals surface area contributed by atoms with Gasteiger partial charge in [-0.3, -0.25) is 4.90 Å². The Balaban J connectivity index is 2.18. The summed E-state index contributed by atoms with van der Waals surface area (Å²) >= 11 is 0. The average molecular weight is 339 g/mol. The molecule has 1 aliphatic carbocycles. The van der Waals surface area contributed by atoms with E-state index in [9.17, 15) is 14.7 Å². The summed E-state index contributed by atoms with van der Waals surface area (Å²) in [5.41, 5.74) is -0.833. The third-order valence-corrected chi connectivity index (χ3v) is 5.82. The summed E-state index contributed by atoms with van der Waals surface area (Å²) in [6.07, 6.45) is 7.46. The first-order valence-electron chi connectivity index (χ1n) is 9.41. The number of nitrogens with zero attached hydrogens (tertiary/aromatic N) is 1. The second-order valence-electron chi connectivity index (χ2n) is 8.34. The van der Waals surface area contributed by atoms with Gasteiger partial charge in [-0.2, -0.15) is 0 Å². The minimum atomic E-state index is -0.921. The number of aldehydes is 1. The molecule has 5 nitrogen and oxygen atoms in total. The fourth-order valence-electron chi connectivity index (χ4n) is 4.42. The van der Waals surface area contributed by atoms with Crippen LogP contribution in [0.15, 0.2) is 0 Å². The molecule has 1 N–H and O–H groups in total. The maximum absolute atomic E-state index is 11.9. The standard InChI is InChI=1S/C19H33NO4/c1-13(2)15(12-21)11-17-16(10-14-8-6-5-7-9-14)20(18(22)23)19(3,4)24-17/h12-17H,5-11H2,1-4H3,(H,22,23)/t15-,16+,17+/m1/s1. The molecule has 1 saturated heterocycles. The van der Waals surface area contributed by atoms with Crippen LogP contribution in [0.25, 0.3) is 0 Å². The van der Waals surface area contributed by atoms with Crippen molar-refractivity contribution in [1.29, 1.82) is 0 Å². The van der Waals surface area contributed by atoms with E-state index in [4.69, 9.17) is 4.74 Å². The van der Waals surface area contributed by atoms with Crippen LogP contribution in [0.4, 0.5) is 4.79 Å². The van der Waals surface area contributed by atoms with Gasteiger partial charge in [-0.25, -0.2) is 4.79 Å². The summed E-state index contributed by atoms with van der Waals surface area (Å²) in [4.78, 5) is 24.8. The highest BCUT2D eigenvalue weighted by molar-refractivity contribution is 5.67. The van der Waals surface area contributed by atoms with E-state index >= 15 is 0 Å². The van der Waals surface area contributed by atoms with Crippen molar-refractivity contribution in [3.05, 3.63) is 0 Å². The molecule has 1 aliphatic heterocycles. The lowest BCUT2D eigenvalue weighted by atomic mass is 9.81. The molecule has 1 saturated carbocycles. The predicted molar refractivity (Wildman–Crippen MR) is 92.8 cm³/mol. The van der Waals surface area contributed by atoms with Crippen LogP contribution in [0, 0.1) is 17.8 Å². The number of hydrogen-bond acceptors (Lipinski definition) is 3. The molecule has 1 heterocycles. The second-order valence-corrected chi connectivity index (χ2v) is 8.34. The minimum Gasteiger partial charge on any atom is -0.465 e. The van der Waals surface area contributed by atoms with Gasteiger partial charge in [0.05, 0.1) is 12.1 Å². The SMILES string of the molecule is CC(C)[C@@H](C=O)C[C@@H]1OC(C)(C)N(C(=O)O)[C@H]1CC1CCCCC1. The minimum absolute atomic E-state index is 0.0894. The first-order chi connectivity index (χ1) is 11.3. The van der Waals surface area contributed by atoms with Crippen LogP contribution < -0.4 is 0 Å². The van der Waals surface area contributed by atoms with Gasteiger partial charge in [-0.05, 0) is 38.5 Å². The summed E-state index contributed by atoms with van der Waals surface area (Å²) < 4.78 is 6.15. The van der Waals surface area contributed by atoms with Crippen molar-refractivity contribution in [2.45, 2.75) is 90.5 Å². The van der Waals surface area contributed by atoms with E-state index in [2.05, 4.69) is 0 Å². The number of rotatable bonds is 6. The Morgan fingerprint density at radius 1 is 1.29 bits per heavy atom. The third kappa shape index (κ3) is 4.29. The topological polar surface area (TPSA) is 66.8 Å². The van der Waals surface area contributed by atoms with Crippen molar-refractivity contribution in [2.24, 2.45) is 17.8 Å². The van der Waals surface area contributed by atoms with Gasteiger partial charge in [-0.1, -0.05) is 46.0 Å². The molecule has 0 unspecified atom stereocenters. The average Bonchev–Trinajstić information content (AvgIpc) is 2.75. The lowest BCUT2D eigenvalue weighted by Gasteiger charge is -2.34. The normalized spacial score (nSPS) is 29.0. The van der Waals surface area contributed by atoms with Crippen LogP contribution in [0.1, 0.15) is 72.6 Å². The molecule has 0 aromatic heterocycles. The molecule has 0 aromatic carbocycles. The molecule has 0 aromatic rings. The van der Waals surface area contributed by atoms with Crippen LogP contribution in [0.3, 0.4) is 0 Å². The van der Waals surface area contributed by atoms with Crippen LogP contribution in [-0.4, -0.2) is 40.3 Å². The molecule has 3 atom stereocenters. The highest BCUT2D eigenvalue weighted by Crippen LogP contribution is 2.40. The van der Waals surface area contributed by atoms with E-state index < -0.39 is 11.8 Å². The first-order valence-corrected chi connectivity index (χ1v) is 9.41. The van der Waals surface area contributed by atoms with Crippen LogP contribution in [-0.2, 0) is 9.53 Å². The van der Waals surface area contributed by atoms with Gasteiger partial charge in [0.25, 0.3) is 0 Å². The van der Waals surface area contributed by atoms with E-state index in [1.54, 1.807) is 0 Å². The molecule has 2 rings (SSSR count). The molecule has 138 valence electrons. The Morgan fingerprint density at radius 2 is 1.92 bits per heavy atom. The van der Waals surface area contributed by atoms with Crippen molar-refractivity contribution in [1.82, 2.24) is 4.90 Å². The molecule has 0 radical (unpaired) electrons. The summed E-state index contributed by atoms with van der Waals surface area (Å²) in [5.74, 6) is 0.719. The molecule has 2 fully saturated rings.